The fourth-order valence-electron chi connectivity index (χ4n) is 2.11. The van der Waals surface area contributed by atoms with Crippen molar-refractivity contribution in [2.45, 2.75) is 38.6 Å². The lowest BCUT2D eigenvalue weighted by atomic mass is 9.96. The van der Waals surface area contributed by atoms with E-state index >= 15 is 0 Å². The van der Waals surface area contributed by atoms with Crippen LogP contribution >= 0.6 is 0 Å². The standard InChI is InChI=1S/C14H17NO4/c1-14(2)18-12(16)11(13(17)19-14)7-9-3-5-10(8-15)6-4-9/h3-6,11-13,16-17H,7H2,1-2H3. The molecule has 0 saturated carbocycles. The van der Waals surface area contributed by atoms with Crippen molar-refractivity contribution in [3.8, 4) is 6.07 Å². The summed E-state index contributed by atoms with van der Waals surface area (Å²) in [6, 6.07) is 9.01. The zero-order valence-electron chi connectivity index (χ0n) is 10.9. The first-order valence-corrected chi connectivity index (χ1v) is 6.12. The van der Waals surface area contributed by atoms with Crippen LogP contribution in [0.2, 0.25) is 0 Å². The highest BCUT2D eigenvalue weighted by Gasteiger charge is 2.41. The number of rotatable bonds is 2. The van der Waals surface area contributed by atoms with Gasteiger partial charge in [-0.2, -0.15) is 5.26 Å². The molecule has 0 spiro atoms. The van der Waals surface area contributed by atoms with Crippen LogP contribution in [0.4, 0.5) is 0 Å². The van der Waals surface area contributed by atoms with Gasteiger partial charge in [0, 0.05) is 0 Å². The quantitative estimate of drug-likeness (QED) is 0.836. The number of nitrogens with zero attached hydrogens (tertiary/aromatic N) is 1. The molecular weight excluding hydrogens is 246 g/mol. The van der Waals surface area contributed by atoms with E-state index in [1.807, 2.05) is 6.07 Å². The molecular formula is C14H17NO4. The van der Waals surface area contributed by atoms with Gasteiger partial charge in [0.05, 0.1) is 17.6 Å². The van der Waals surface area contributed by atoms with E-state index in [2.05, 4.69) is 0 Å². The first-order valence-electron chi connectivity index (χ1n) is 6.12. The van der Waals surface area contributed by atoms with Crippen molar-refractivity contribution in [3.63, 3.8) is 0 Å². The van der Waals surface area contributed by atoms with Crippen LogP contribution in [0, 0.1) is 17.2 Å². The maximum absolute atomic E-state index is 9.92. The summed E-state index contributed by atoms with van der Waals surface area (Å²) in [6.07, 6.45) is -1.77. The van der Waals surface area contributed by atoms with E-state index in [0.29, 0.717) is 12.0 Å². The molecule has 102 valence electrons. The highest BCUT2D eigenvalue weighted by atomic mass is 16.8. The van der Waals surface area contributed by atoms with Crippen molar-refractivity contribution in [3.05, 3.63) is 35.4 Å². The minimum Gasteiger partial charge on any atom is -0.367 e. The Kier molecular flexibility index (Phi) is 3.88. The van der Waals surface area contributed by atoms with Gasteiger partial charge in [-0.05, 0) is 38.0 Å². The van der Waals surface area contributed by atoms with E-state index in [-0.39, 0.29) is 0 Å². The second-order valence-corrected chi connectivity index (χ2v) is 5.09. The fourth-order valence-corrected chi connectivity index (χ4v) is 2.11. The van der Waals surface area contributed by atoms with Crippen molar-refractivity contribution in [2.75, 3.05) is 0 Å². The number of nitriles is 1. The molecule has 2 rings (SSSR count). The molecule has 5 nitrogen and oxygen atoms in total. The summed E-state index contributed by atoms with van der Waals surface area (Å²) in [5, 5.41) is 28.6. The van der Waals surface area contributed by atoms with E-state index in [1.165, 1.54) is 0 Å². The van der Waals surface area contributed by atoms with Crippen molar-refractivity contribution in [2.24, 2.45) is 5.92 Å². The van der Waals surface area contributed by atoms with Crippen LogP contribution in [0.25, 0.3) is 0 Å². The summed E-state index contributed by atoms with van der Waals surface area (Å²) in [4.78, 5) is 0. The number of benzene rings is 1. The second kappa shape index (κ2) is 5.27. The average Bonchev–Trinajstić information content (AvgIpc) is 2.33. The Labute approximate surface area is 112 Å². The molecule has 1 aliphatic heterocycles. The number of aliphatic hydroxyl groups is 2. The lowest BCUT2D eigenvalue weighted by Crippen LogP contribution is -2.51. The summed E-state index contributed by atoms with van der Waals surface area (Å²) in [7, 11) is 0. The molecule has 0 aliphatic carbocycles. The molecule has 2 unspecified atom stereocenters. The van der Waals surface area contributed by atoms with Gasteiger partial charge in [-0.3, -0.25) is 0 Å². The Morgan fingerprint density at radius 3 is 2.16 bits per heavy atom. The maximum atomic E-state index is 9.92. The molecule has 2 atom stereocenters. The third-order valence-electron chi connectivity index (χ3n) is 3.10. The average molecular weight is 263 g/mol. The van der Waals surface area contributed by atoms with E-state index < -0.39 is 24.3 Å². The number of hydrogen-bond acceptors (Lipinski definition) is 5. The van der Waals surface area contributed by atoms with E-state index in [1.54, 1.807) is 38.1 Å². The number of ether oxygens (including phenoxy) is 2. The topological polar surface area (TPSA) is 82.7 Å². The summed E-state index contributed by atoms with van der Waals surface area (Å²) in [5.41, 5.74) is 1.47. The summed E-state index contributed by atoms with van der Waals surface area (Å²) >= 11 is 0. The predicted molar refractivity (Wildman–Crippen MR) is 66.6 cm³/mol. The van der Waals surface area contributed by atoms with Crippen molar-refractivity contribution < 1.29 is 19.7 Å². The molecule has 1 saturated heterocycles. The van der Waals surface area contributed by atoms with Gasteiger partial charge in [-0.15, -0.1) is 0 Å². The zero-order chi connectivity index (χ0) is 14.0. The van der Waals surface area contributed by atoms with Crippen molar-refractivity contribution >= 4 is 0 Å². The monoisotopic (exact) mass is 263 g/mol. The van der Waals surface area contributed by atoms with Crippen LogP contribution in [0.3, 0.4) is 0 Å². The molecule has 0 amide bonds. The molecule has 1 aromatic carbocycles. The van der Waals surface area contributed by atoms with Gasteiger partial charge in [-0.1, -0.05) is 12.1 Å². The van der Waals surface area contributed by atoms with E-state index in [9.17, 15) is 10.2 Å². The van der Waals surface area contributed by atoms with Gasteiger partial charge >= 0.3 is 0 Å². The highest BCUT2D eigenvalue weighted by molar-refractivity contribution is 5.31. The molecule has 1 fully saturated rings. The minimum atomic E-state index is -1.09. The van der Waals surface area contributed by atoms with Gasteiger partial charge in [0.15, 0.2) is 18.4 Å². The zero-order valence-corrected chi connectivity index (χ0v) is 10.9. The van der Waals surface area contributed by atoms with E-state index in [0.717, 1.165) is 5.56 Å². The van der Waals surface area contributed by atoms with Crippen molar-refractivity contribution in [1.82, 2.24) is 0 Å². The molecule has 0 aromatic heterocycles. The Bertz CT molecular complexity index is 463. The highest BCUT2D eigenvalue weighted by Crippen LogP contribution is 2.30. The largest absolute Gasteiger partial charge is 0.367 e. The predicted octanol–water partition coefficient (Wildman–Crippen LogP) is 1.14. The molecule has 1 aliphatic rings. The van der Waals surface area contributed by atoms with Gasteiger partial charge < -0.3 is 19.7 Å². The number of hydrogen-bond donors (Lipinski definition) is 2. The molecule has 0 radical (unpaired) electrons. The summed E-state index contributed by atoms with van der Waals surface area (Å²) in [5.74, 6) is -1.55. The molecule has 19 heavy (non-hydrogen) atoms. The third kappa shape index (κ3) is 3.31. The normalized spacial score (nSPS) is 29.7. The molecule has 1 heterocycles. The molecule has 0 bridgehead atoms. The molecule has 2 N–H and O–H groups in total. The number of aliphatic hydroxyl groups excluding tert-OH is 2. The lowest BCUT2D eigenvalue weighted by Gasteiger charge is -2.41. The Morgan fingerprint density at radius 1 is 1.16 bits per heavy atom. The second-order valence-electron chi connectivity index (χ2n) is 5.09. The van der Waals surface area contributed by atoms with Crippen LogP contribution in [-0.4, -0.2) is 28.6 Å². The van der Waals surface area contributed by atoms with Gasteiger partial charge in [0.25, 0.3) is 0 Å². The molecule has 5 heteroatoms. The van der Waals surface area contributed by atoms with Crippen LogP contribution in [0.15, 0.2) is 24.3 Å². The molecule has 1 aromatic rings. The Morgan fingerprint density at radius 2 is 1.68 bits per heavy atom. The minimum absolute atomic E-state index is 0.407. The van der Waals surface area contributed by atoms with Gasteiger partial charge in [-0.25, -0.2) is 0 Å². The SMILES string of the molecule is CC1(C)OC(O)C(Cc2ccc(C#N)cc2)C(O)O1. The van der Waals surface area contributed by atoms with Gasteiger partial charge in [0.1, 0.15) is 0 Å². The Hall–Kier alpha value is -1.45. The first-order chi connectivity index (χ1) is 8.91. The maximum Gasteiger partial charge on any atom is 0.169 e. The smallest absolute Gasteiger partial charge is 0.169 e. The Balaban J connectivity index is 2.08. The summed E-state index contributed by atoms with van der Waals surface area (Å²) < 4.78 is 10.6. The first kappa shape index (κ1) is 14.0. The van der Waals surface area contributed by atoms with E-state index in [4.69, 9.17) is 14.7 Å². The van der Waals surface area contributed by atoms with Crippen molar-refractivity contribution in [1.29, 1.82) is 5.26 Å². The third-order valence-corrected chi connectivity index (χ3v) is 3.10. The summed E-state index contributed by atoms with van der Waals surface area (Å²) in [6.45, 7) is 3.27. The van der Waals surface area contributed by atoms with Crippen LogP contribution in [0.5, 0.6) is 0 Å². The van der Waals surface area contributed by atoms with Crippen LogP contribution in [-0.2, 0) is 15.9 Å². The fraction of sp³-hybridized carbons (Fsp3) is 0.500. The lowest BCUT2D eigenvalue weighted by molar-refractivity contribution is -0.399. The van der Waals surface area contributed by atoms with Gasteiger partial charge in [0.2, 0.25) is 0 Å². The van der Waals surface area contributed by atoms with Crippen LogP contribution < -0.4 is 0 Å². The van der Waals surface area contributed by atoms with Crippen LogP contribution in [0.1, 0.15) is 25.0 Å².